The number of esters is 1. The summed E-state index contributed by atoms with van der Waals surface area (Å²) in [7, 11) is 1.42. The van der Waals surface area contributed by atoms with E-state index in [1.54, 1.807) is 0 Å². The van der Waals surface area contributed by atoms with Gasteiger partial charge >= 0.3 is 5.97 Å². The third-order valence-corrected chi connectivity index (χ3v) is 3.82. The maximum absolute atomic E-state index is 11.1. The van der Waals surface area contributed by atoms with Crippen molar-refractivity contribution in [3.63, 3.8) is 0 Å². The number of nitrogens with two attached hydrogens (primary N) is 1. The lowest BCUT2D eigenvalue weighted by molar-refractivity contribution is -0.141. The lowest BCUT2D eigenvalue weighted by Gasteiger charge is -2.25. The van der Waals surface area contributed by atoms with Gasteiger partial charge in [0.2, 0.25) is 0 Å². The van der Waals surface area contributed by atoms with Crippen LogP contribution in [-0.4, -0.2) is 19.1 Å². The number of methoxy groups -OCH3 is 1. The smallest absolute Gasteiger partial charge is 0.307 e. The van der Waals surface area contributed by atoms with Gasteiger partial charge in [0.25, 0.3) is 0 Å². The lowest BCUT2D eigenvalue weighted by Crippen LogP contribution is -2.27. The second-order valence-electron chi connectivity index (χ2n) is 5.62. The number of carbonyl (C=O) groups excluding carboxylic acids is 1. The summed E-state index contributed by atoms with van der Waals surface area (Å²) in [5.41, 5.74) is 5.96. The van der Waals surface area contributed by atoms with Gasteiger partial charge in [0.1, 0.15) is 0 Å². The predicted octanol–water partition coefficient (Wildman–Crippen LogP) is 2.87. The highest BCUT2D eigenvalue weighted by Crippen LogP contribution is 2.30. The second kappa shape index (κ2) is 7.70. The van der Waals surface area contributed by atoms with Gasteiger partial charge in [-0.25, -0.2) is 0 Å². The second-order valence-corrected chi connectivity index (χ2v) is 5.62. The standard InChI is InChI=1S/C14H27NO2/c1-11(8-12-6-4-3-5-7-12)9-13(15)10-14(16)17-2/h11-13H,3-10,15H2,1-2H3. The molecule has 0 aromatic carbocycles. The summed E-state index contributed by atoms with van der Waals surface area (Å²) in [4.78, 5) is 11.1. The van der Waals surface area contributed by atoms with Crippen molar-refractivity contribution in [1.82, 2.24) is 0 Å². The van der Waals surface area contributed by atoms with Gasteiger partial charge in [0, 0.05) is 6.04 Å². The van der Waals surface area contributed by atoms with Crippen molar-refractivity contribution in [2.24, 2.45) is 17.6 Å². The molecule has 1 aliphatic rings. The Labute approximate surface area is 105 Å². The van der Waals surface area contributed by atoms with Gasteiger partial charge in [-0.1, -0.05) is 39.0 Å². The van der Waals surface area contributed by atoms with Crippen LogP contribution in [0.3, 0.4) is 0 Å². The van der Waals surface area contributed by atoms with Crippen molar-refractivity contribution in [2.75, 3.05) is 7.11 Å². The molecule has 0 aliphatic heterocycles. The van der Waals surface area contributed by atoms with Crippen LogP contribution in [0.4, 0.5) is 0 Å². The van der Waals surface area contributed by atoms with E-state index in [4.69, 9.17) is 5.73 Å². The van der Waals surface area contributed by atoms with Gasteiger partial charge in [0.05, 0.1) is 13.5 Å². The summed E-state index contributed by atoms with van der Waals surface area (Å²) in [6.07, 6.45) is 9.53. The number of hydrogen-bond acceptors (Lipinski definition) is 3. The van der Waals surface area contributed by atoms with Crippen LogP contribution in [0.15, 0.2) is 0 Å². The maximum atomic E-state index is 11.1. The highest BCUT2D eigenvalue weighted by Gasteiger charge is 2.19. The van der Waals surface area contributed by atoms with Crippen LogP contribution >= 0.6 is 0 Å². The Kier molecular flexibility index (Phi) is 6.56. The van der Waals surface area contributed by atoms with Crippen LogP contribution in [-0.2, 0) is 9.53 Å². The van der Waals surface area contributed by atoms with E-state index in [2.05, 4.69) is 11.7 Å². The van der Waals surface area contributed by atoms with Crippen LogP contribution in [0.5, 0.6) is 0 Å². The molecular weight excluding hydrogens is 214 g/mol. The van der Waals surface area contributed by atoms with E-state index in [1.165, 1.54) is 45.6 Å². The van der Waals surface area contributed by atoms with Crippen LogP contribution in [0.25, 0.3) is 0 Å². The first-order valence-electron chi connectivity index (χ1n) is 6.94. The summed E-state index contributed by atoms with van der Waals surface area (Å²) >= 11 is 0. The Balaban J connectivity index is 2.18. The van der Waals surface area contributed by atoms with E-state index >= 15 is 0 Å². The largest absolute Gasteiger partial charge is 0.469 e. The molecule has 0 aromatic rings. The third-order valence-electron chi connectivity index (χ3n) is 3.82. The first kappa shape index (κ1) is 14.5. The summed E-state index contributed by atoms with van der Waals surface area (Å²) in [6, 6.07) is -0.0407. The molecule has 2 atom stereocenters. The van der Waals surface area contributed by atoms with E-state index in [9.17, 15) is 4.79 Å². The van der Waals surface area contributed by atoms with E-state index in [0.29, 0.717) is 12.3 Å². The minimum absolute atomic E-state index is 0.0407. The molecule has 0 amide bonds. The molecule has 100 valence electrons. The summed E-state index contributed by atoms with van der Waals surface area (Å²) in [5.74, 6) is 1.32. The van der Waals surface area contributed by atoms with Crippen molar-refractivity contribution in [2.45, 2.75) is 64.3 Å². The minimum atomic E-state index is -0.192. The fourth-order valence-corrected chi connectivity index (χ4v) is 2.99. The van der Waals surface area contributed by atoms with Crippen molar-refractivity contribution in [3.8, 4) is 0 Å². The van der Waals surface area contributed by atoms with Crippen LogP contribution in [0.1, 0.15) is 58.3 Å². The zero-order chi connectivity index (χ0) is 12.7. The number of hydrogen-bond donors (Lipinski definition) is 1. The number of ether oxygens (including phenoxy) is 1. The van der Waals surface area contributed by atoms with Gasteiger partial charge in [0.15, 0.2) is 0 Å². The fourth-order valence-electron chi connectivity index (χ4n) is 2.99. The average molecular weight is 241 g/mol. The Morgan fingerprint density at radius 2 is 2.00 bits per heavy atom. The molecule has 0 radical (unpaired) electrons. The van der Waals surface area contributed by atoms with Crippen LogP contribution in [0.2, 0.25) is 0 Å². The monoisotopic (exact) mass is 241 g/mol. The molecule has 1 fully saturated rings. The first-order chi connectivity index (χ1) is 8.11. The average Bonchev–Trinajstić information content (AvgIpc) is 2.29. The predicted molar refractivity (Wildman–Crippen MR) is 69.6 cm³/mol. The highest BCUT2D eigenvalue weighted by molar-refractivity contribution is 5.69. The summed E-state index contributed by atoms with van der Waals surface area (Å²) in [6.45, 7) is 2.26. The molecule has 0 saturated heterocycles. The molecule has 0 spiro atoms. The molecule has 3 nitrogen and oxygen atoms in total. The van der Waals surface area contributed by atoms with Gasteiger partial charge in [-0.2, -0.15) is 0 Å². The molecule has 2 unspecified atom stereocenters. The van der Waals surface area contributed by atoms with E-state index in [0.717, 1.165) is 12.3 Å². The zero-order valence-corrected chi connectivity index (χ0v) is 11.3. The van der Waals surface area contributed by atoms with Gasteiger partial charge in [-0.05, 0) is 24.7 Å². The van der Waals surface area contributed by atoms with Crippen molar-refractivity contribution in [1.29, 1.82) is 0 Å². The normalized spacial score (nSPS) is 20.9. The Morgan fingerprint density at radius 1 is 1.35 bits per heavy atom. The first-order valence-corrected chi connectivity index (χ1v) is 6.94. The van der Waals surface area contributed by atoms with Crippen molar-refractivity contribution >= 4 is 5.97 Å². The third kappa shape index (κ3) is 6.06. The van der Waals surface area contributed by atoms with Crippen molar-refractivity contribution in [3.05, 3.63) is 0 Å². The maximum Gasteiger partial charge on any atom is 0.307 e. The molecule has 0 aromatic heterocycles. The molecule has 3 heteroatoms. The lowest BCUT2D eigenvalue weighted by atomic mass is 9.81. The Morgan fingerprint density at radius 3 is 2.59 bits per heavy atom. The fraction of sp³-hybridized carbons (Fsp3) is 0.929. The number of carbonyl (C=O) groups is 1. The van der Waals surface area contributed by atoms with Gasteiger partial charge < -0.3 is 10.5 Å². The molecule has 0 bridgehead atoms. The molecule has 1 saturated carbocycles. The molecule has 1 aliphatic carbocycles. The van der Waals surface area contributed by atoms with Crippen LogP contribution in [0, 0.1) is 11.8 Å². The van der Waals surface area contributed by atoms with Gasteiger partial charge in [-0.3, -0.25) is 4.79 Å². The molecule has 2 N–H and O–H groups in total. The summed E-state index contributed by atoms with van der Waals surface area (Å²) in [5, 5.41) is 0. The Bertz CT molecular complexity index is 224. The van der Waals surface area contributed by atoms with E-state index in [1.807, 2.05) is 0 Å². The quantitative estimate of drug-likeness (QED) is 0.727. The minimum Gasteiger partial charge on any atom is -0.469 e. The Hall–Kier alpha value is -0.570. The van der Waals surface area contributed by atoms with E-state index in [-0.39, 0.29) is 12.0 Å². The van der Waals surface area contributed by atoms with Crippen molar-refractivity contribution < 1.29 is 9.53 Å². The summed E-state index contributed by atoms with van der Waals surface area (Å²) < 4.78 is 4.63. The van der Waals surface area contributed by atoms with Gasteiger partial charge in [-0.15, -0.1) is 0 Å². The molecular formula is C14H27NO2. The highest BCUT2D eigenvalue weighted by atomic mass is 16.5. The zero-order valence-electron chi connectivity index (χ0n) is 11.3. The number of rotatable bonds is 6. The molecule has 0 heterocycles. The van der Waals surface area contributed by atoms with Crippen LogP contribution < -0.4 is 5.73 Å². The topological polar surface area (TPSA) is 52.3 Å². The molecule has 17 heavy (non-hydrogen) atoms. The molecule has 1 rings (SSSR count). The van der Waals surface area contributed by atoms with E-state index < -0.39 is 0 Å². The SMILES string of the molecule is COC(=O)CC(N)CC(C)CC1CCCCC1.